The number of fused-ring (bicyclic) bond motifs is 2. The topological polar surface area (TPSA) is 108 Å². The third kappa shape index (κ3) is 6.13. The normalized spacial score (nSPS) is 13.5. The van der Waals surface area contributed by atoms with Crippen LogP contribution in [0.3, 0.4) is 0 Å². The summed E-state index contributed by atoms with van der Waals surface area (Å²) < 4.78 is 34.0. The van der Waals surface area contributed by atoms with E-state index in [1.807, 2.05) is 6.07 Å². The molecule has 0 atom stereocenters. The van der Waals surface area contributed by atoms with Crippen LogP contribution in [-0.2, 0) is 25.8 Å². The Hall–Kier alpha value is -4.70. The van der Waals surface area contributed by atoms with Crippen molar-refractivity contribution in [1.29, 1.82) is 0 Å². The number of carbonyl (C=O) groups excluding carboxylic acids is 2. The van der Waals surface area contributed by atoms with Crippen LogP contribution in [0.4, 0.5) is 0 Å². The number of rotatable bonds is 8. The predicted molar refractivity (Wildman–Crippen MR) is 142 cm³/mol. The second kappa shape index (κ2) is 11.2. The van der Waals surface area contributed by atoms with Crippen LogP contribution in [0.25, 0.3) is 6.08 Å². The van der Waals surface area contributed by atoms with Gasteiger partial charge in [0.05, 0.1) is 6.61 Å². The van der Waals surface area contributed by atoms with Gasteiger partial charge in [0.25, 0.3) is 0 Å². The lowest BCUT2D eigenvalue weighted by atomic mass is 10.1. The van der Waals surface area contributed by atoms with Gasteiger partial charge in [0, 0.05) is 29.3 Å². The van der Waals surface area contributed by atoms with Crippen molar-refractivity contribution in [1.82, 2.24) is 0 Å². The highest BCUT2D eigenvalue weighted by Gasteiger charge is 2.25. The van der Waals surface area contributed by atoms with Gasteiger partial charge in [-0.3, -0.25) is 0 Å². The molecule has 0 saturated heterocycles. The van der Waals surface area contributed by atoms with E-state index < -0.39 is 17.5 Å². The zero-order valence-electron chi connectivity index (χ0n) is 22.5. The van der Waals surface area contributed by atoms with Crippen molar-refractivity contribution in [2.75, 3.05) is 13.4 Å². The van der Waals surface area contributed by atoms with Crippen molar-refractivity contribution in [3.05, 3.63) is 71.3 Å². The van der Waals surface area contributed by atoms with Gasteiger partial charge in [0.1, 0.15) is 40.8 Å². The molecule has 5 rings (SSSR count). The monoisotopic (exact) mass is 548 g/mol. The molecule has 10 heteroatoms. The fraction of sp³-hybridized carbons (Fsp3) is 0.267. The Morgan fingerprint density at radius 3 is 2.42 bits per heavy atom. The van der Waals surface area contributed by atoms with E-state index >= 15 is 0 Å². The quantitative estimate of drug-likeness (QED) is 0.179. The molecule has 3 aromatic carbocycles. The van der Waals surface area contributed by atoms with Crippen molar-refractivity contribution in [3.63, 3.8) is 0 Å². The maximum Gasteiger partial charge on any atom is 0.345 e. The molecule has 2 aliphatic heterocycles. The summed E-state index contributed by atoms with van der Waals surface area (Å²) in [5.41, 5.74) is 0.793. The zero-order valence-corrected chi connectivity index (χ0v) is 22.5. The second-order valence-electron chi connectivity index (χ2n) is 9.78. The highest BCUT2D eigenvalue weighted by molar-refractivity contribution is 5.96. The van der Waals surface area contributed by atoms with E-state index in [1.54, 1.807) is 76.2 Å². The van der Waals surface area contributed by atoms with Crippen LogP contribution in [0.5, 0.6) is 40.2 Å². The molecule has 3 aromatic rings. The minimum Gasteiger partial charge on any atom is -0.462 e. The first-order valence-electron chi connectivity index (χ1n) is 12.6. The maximum absolute atomic E-state index is 13.1. The van der Waals surface area contributed by atoms with E-state index in [1.165, 1.54) is 6.08 Å². The highest BCUT2D eigenvalue weighted by atomic mass is 17.2. The summed E-state index contributed by atoms with van der Waals surface area (Å²) in [4.78, 5) is 35.6. The molecule has 0 spiro atoms. The number of benzene rings is 3. The molecule has 10 nitrogen and oxygen atoms in total. The minimum absolute atomic E-state index is 0.0426. The van der Waals surface area contributed by atoms with Crippen LogP contribution in [0, 0.1) is 0 Å². The first kappa shape index (κ1) is 26.9. The summed E-state index contributed by atoms with van der Waals surface area (Å²) in [6, 6.07) is 13.5. The van der Waals surface area contributed by atoms with Crippen LogP contribution in [0.2, 0.25) is 0 Å². The van der Waals surface area contributed by atoms with Gasteiger partial charge in [0.15, 0.2) is 17.2 Å². The van der Waals surface area contributed by atoms with Crippen LogP contribution in [0.15, 0.2) is 54.6 Å². The van der Waals surface area contributed by atoms with Gasteiger partial charge in [-0.2, -0.15) is 4.89 Å². The number of hydrogen-bond acceptors (Lipinski definition) is 10. The van der Waals surface area contributed by atoms with Crippen LogP contribution in [-0.4, -0.2) is 30.9 Å². The Balaban J connectivity index is 1.50. The maximum atomic E-state index is 13.1. The van der Waals surface area contributed by atoms with E-state index in [4.69, 9.17) is 38.2 Å². The van der Waals surface area contributed by atoms with Crippen molar-refractivity contribution in [2.24, 2.45) is 0 Å². The summed E-state index contributed by atoms with van der Waals surface area (Å²) in [5, 5.41) is 0. The minimum atomic E-state index is -0.650. The molecule has 0 saturated carbocycles. The fourth-order valence-electron chi connectivity index (χ4n) is 3.93. The fourth-order valence-corrected chi connectivity index (χ4v) is 3.93. The molecule has 0 radical (unpaired) electrons. The van der Waals surface area contributed by atoms with Gasteiger partial charge in [0.2, 0.25) is 6.79 Å². The molecule has 0 aromatic heterocycles. The van der Waals surface area contributed by atoms with Gasteiger partial charge >= 0.3 is 11.9 Å². The SMILES string of the molecule is CCOC(=O)c1c(Oc2ccc3c(c2)OOC3)cccc1Oc1cc2c(cc1C=CC(=O)OC(C)(C)C)OCO2. The lowest BCUT2D eigenvalue weighted by Gasteiger charge is -2.18. The molecule has 2 aliphatic rings. The lowest BCUT2D eigenvalue weighted by molar-refractivity contribution is -0.194. The van der Waals surface area contributed by atoms with Crippen LogP contribution >= 0.6 is 0 Å². The number of ether oxygens (including phenoxy) is 6. The average Bonchev–Trinajstić information content (AvgIpc) is 3.55. The molecule has 0 amide bonds. The van der Waals surface area contributed by atoms with Gasteiger partial charge in [-0.15, -0.1) is 0 Å². The zero-order chi connectivity index (χ0) is 28.3. The van der Waals surface area contributed by atoms with Crippen LogP contribution in [0.1, 0.15) is 49.2 Å². The molecule has 0 bridgehead atoms. The predicted octanol–water partition coefficient (Wildman–Crippen LogP) is 6.36. The van der Waals surface area contributed by atoms with Crippen molar-refractivity contribution < 1.29 is 47.8 Å². The summed E-state index contributed by atoms with van der Waals surface area (Å²) in [7, 11) is 0. The highest BCUT2D eigenvalue weighted by Crippen LogP contribution is 2.43. The first-order valence-corrected chi connectivity index (χ1v) is 12.6. The molecule has 0 N–H and O–H groups in total. The van der Waals surface area contributed by atoms with Gasteiger partial charge in [-0.1, -0.05) is 6.07 Å². The molecule has 0 fully saturated rings. The van der Waals surface area contributed by atoms with E-state index in [-0.39, 0.29) is 30.5 Å². The summed E-state index contributed by atoms with van der Waals surface area (Å²) >= 11 is 0. The van der Waals surface area contributed by atoms with E-state index in [0.717, 1.165) is 5.56 Å². The molecule has 2 heterocycles. The molecule has 208 valence electrons. The Kier molecular flexibility index (Phi) is 7.52. The third-order valence-electron chi connectivity index (χ3n) is 5.63. The Bertz CT molecular complexity index is 1470. The molecule has 0 aliphatic carbocycles. The van der Waals surface area contributed by atoms with E-state index in [0.29, 0.717) is 40.9 Å². The van der Waals surface area contributed by atoms with E-state index in [9.17, 15) is 9.59 Å². The number of esters is 2. The molecular weight excluding hydrogens is 520 g/mol. The van der Waals surface area contributed by atoms with Crippen LogP contribution < -0.4 is 23.8 Å². The smallest absolute Gasteiger partial charge is 0.345 e. The van der Waals surface area contributed by atoms with Crippen molar-refractivity contribution in [2.45, 2.75) is 39.9 Å². The number of carbonyl (C=O) groups is 2. The summed E-state index contributed by atoms with van der Waals surface area (Å²) in [5.74, 6) is 1.42. The molecule has 0 unspecified atom stereocenters. The molecule has 40 heavy (non-hydrogen) atoms. The second-order valence-corrected chi connectivity index (χ2v) is 9.78. The Morgan fingerprint density at radius 1 is 0.925 bits per heavy atom. The van der Waals surface area contributed by atoms with Crippen molar-refractivity contribution in [3.8, 4) is 40.2 Å². The summed E-state index contributed by atoms with van der Waals surface area (Å²) in [6.45, 7) is 7.58. The summed E-state index contributed by atoms with van der Waals surface area (Å²) in [6.07, 6.45) is 2.84. The largest absolute Gasteiger partial charge is 0.462 e. The standard InChI is InChI=1S/C30H28O10/c1-5-33-29(32)28-21(37-20-11-9-19-16-36-40-24(19)14-20)7-6-8-22(28)38-23-15-26-25(34-17-35-26)13-18(23)10-12-27(31)39-30(2,3)4/h6-15H,5,16-17H2,1-4H3. The van der Waals surface area contributed by atoms with Gasteiger partial charge in [-0.25, -0.2) is 9.59 Å². The average molecular weight is 549 g/mol. The van der Waals surface area contributed by atoms with Gasteiger partial charge < -0.3 is 33.3 Å². The van der Waals surface area contributed by atoms with Gasteiger partial charge in [-0.05, 0) is 64.1 Å². The van der Waals surface area contributed by atoms with E-state index in [2.05, 4.69) is 0 Å². The Morgan fingerprint density at radius 2 is 1.68 bits per heavy atom. The lowest BCUT2D eigenvalue weighted by Crippen LogP contribution is -2.22. The first-order chi connectivity index (χ1) is 19.2. The number of hydrogen-bond donors (Lipinski definition) is 0. The van der Waals surface area contributed by atoms with Crippen molar-refractivity contribution >= 4 is 18.0 Å². The molecular formula is C30H28O10. The third-order valence-corrected chi connectivity index (χ3v) is 5.63. The Labute approximate surface area is 230 Å².